The predicted octanol–water partition coefficient (Wildman–Crippen LogP) is 2.23. The molecule has 2 rings (SSSR count). The quantitative estimate of drug-likeness (QED) is 0.697. The van der Waals surface area contributed by atoms with Gasteiger partial charge in [0.25, 0.3) is 0 Å². The predicted molar refractivity (Wildman–Crippen MR) is 81.0 cm³/mol. The number of thioether (sulfide) groups is 1. The third-order valence-corrected chi connectivity index (χ3v) is 3.99. The lowest BCUT2D eigenvalue weighted by Crippen LogP contribution is -2.04. The fourth-order valence-corrected chi connectivity index (χ4v) is 2.76. The van der Waals surface area contributed by atoms with Crippen molar-refractivity contribution < 1.29 is 14.2 Å². The Morgan fingerprint density at radius 1 is 1.19 bits per heavy atom. The fraction of sp³-hybridized carbons (Fsp3) is 0.429. The molecule has 0 radical (unpaired) electrons. The average molecular weight is 309 g/mol. The topological polar surface area (TPSA) is 58.4 Å². The van der Waals surface area contributed by atoms with E-state index in [9.17, 15) is 0 Å². The summed E-state index contributed by atoms with van der Waals surface area (Å²) in [6, 6.07) is 5.76. The monoisotopic (exact) mass is 309 g/mol. The lowest BCUT2D eigenvalue weighted by atomic mass is 10.2. The molecule has 0 aliphatic carbocycles. The van der Waals surface area contributed by atoms with Gasteiger partial charge in [0.15, 0.2) is 5.16 Å². The van der Waals surface area contributed by atoms with Crippen LogP contribution in [0.25, 0.3) is 0 Å². The van der Waals surface area contributed by atoms with Gasteiger partial charge in [-0.15, -0.1) is 10.2 Å². The standard InChI is InChI=1S/C14H19N3O3S/c1-18-7-6-17-10-15-16-14(17)21-9-11-8-12(19-2)4-5-13(11)20-3/h4-5,8,10H,6-7,9H2,1-3H3. The Morgan fingerprint density at radius 2 is 2.05 bits per heavy atom. The molecule has 1 aromatic heterocycles. The normalized spacial score (nSPS) is 10.6. The molecule has 0 N–H and O–H groups in total. The van der Waals surface area contributed by atoms with Crippen LogP contribution in [-0.2, 0) is 17.0 Å². The highest BCUT2D eigenvalue weighted by Crippen LogP contribution is 2.29. The van der Waals surface area contributed by atoms with Gasteiger partial charge in [-0.2, -0.15) is 0 Å². The van der Waals surface area contributed by atoms with Crippen molar-refractivity contribution in [2.24, 2.45) is 0 Å². The highest BCUT2D eigenvalue weighted by Gasteiger charge is 2.09. The Balaban J connectivity index is 2.07. The van der Waals surface area contributed by atoms with Crippen LogP contribution in [0.1, 0.15) is 5.56 Å². The van der Waals surface area contributed by atoms with Crippen molar-refractivity contribution in [3.05, 3.63) is 30.1 Å². The Hall–Kier alpha value is -1.73. The number of aromatic nitrogens is 3. The van der Waals surface area contributed by atoms with Gasteiger partial charge >= 0.3 is 0 Å². The molecule has 6 nitrogen and oxygen atoms in total. The van der Waals surface area contributed by atoms with E-state index in [1.165, 1.54) is 0 Å². The first-order chi connectivity index (χ1) is 10.3. The summed E-state index contributed by atoms with van der Waals surface area (Å²) in [5.74, 6) is 2.38. The van der Waals surface area contributed by atoms with E-state index in [2.05, 4.69) is 10.2 Å². The molecule has 0 atom stereocenters. The summed E-state index contributed by atoms with van der Waals surface area (Å²) >= 11 is 1.60. The second-order valence-electron chi connectivity index (χ2n) is 4.27. The second-order valence-corrected chi connectivity index (χ2v) is 5.21. The molecule has 114 valence electrons. The fourth-order valence-electron chi connectivity index (χ4n) is 1.84. The van der Waals surface area contributed by atoms with Crippen LogP contribution in [0, 0.1) is 0 Å². The highest BCUT2D eigenvalue weighted by atomic mass is 32.2. The number of methoxy groups -OCH3 is 3. The van der Waals surface area contributed by atoms with Gasteiger partial charge < -0.3 is 18.8 Å². The van der Waals surface area contributed by atoms with Crippen LogP contribution in [0.5, 0.6) is 11.5 Å². The molecule has 0 spiro atoms. The number of nitrogens with zero attached hydrogens (tertiary/aromatic N) is 3. The van der Waals surface area contributed by atoms with Crippen molar-refractivity contribution in [2.45, 2.75) is 17.5 Å². The minimum Gasteiger partial charge on any atom is -0.497 e. The van der Waals surface area contributed by atoms with E-state index in [0.717, 1.165) is 34.5 Å². The Bertz CT molecular complexity index is 574. The lowest BCUT2D eigenvalue weighted by molar-refractivity contribution is 0.184. The zero-order valence-corrected chi connectivity index (χ0v) is 13.2. The molecule has 0 saturated carbocycles. The molecule has 0 aliphatic rings. The van der Waals surface area contributed by atoms with Gasteiger partial charge in [0.05, 0.1) is 20.8 Å². The van der Waals surface area contributed by atoms with Crippen LogP contribution < -0.4 is 9.47 Å². The van der Waals surface area contributed by atoms with Crippen molar-refractivity contribution in [3.63, 3.8) is 0 Å². The summed E-state index contributed by atoms with van der Waals surface area (Å²) in [7, 11) is 5.00. The van der Waals surface area contributed by atoms with Crippen molar-refractivity contribution in [1.82, 2.24) is 14.8 Å². The highest BCUT2D eigenvalue weighted by molar-refractivity contribution is 7.98. The molecule has 0 aliphatic heterocycles. The minimum absolute atomic E-state index is 0.633. The Morgan fingerprint density at radius 3 is 2.76 bits per heavy atom. The first kappa shape index (κ1) is 15.7. The molecular formula is C14H19N3O3S. The number of ether oxygens (including phenoxy) is 3. The van der Waals surface area contributed by atoms with Crippen LogP contribution in [0.15, 0.2) is 29.7 Å². The molecule has 2 aromatic rings. The number of rotatable bonds is 8. The Labute approximate surface area is 128 Å². The molecule has 1 aromatic carbocycles. The van der Waals surface area contributed by atoms with Crippen molar-refractivity contribution >= 4 is 11.8 Å². The molecule has 0 saturated heterocycles. The molecule has 7 heteroatoms. The SMILES string of the molecule is COCCn1cnnc1SCc1cc(OC)ccc1OC. The summed E-state index contributed by atoms with van der Waals surface area (Å²) in [4.78, 5) is 0. The van der Waals surface area contributed by atoms with E-state index in [0.29, 0.717) is 6.61 Å². The lowest BCUT2D eigenvalue weighted by Gasteiger charge is -2.10. The molecule has 21 heavy (non-hydrogen) atoms. The third-order valence-electron chi connectivity index (χ3n) is 2.96. The molecule has 0 fully saturated rings. The summed E-state index contributed by atoms with van der Waals surface area (Å²) in [5.41, 5.74) is 1.06. The van der Waals surface area contributed by atoms with E-state index in [-0.39, 0.29) is 0 Å². The Kier molecular flexibility index (Phi) is 5.89. The van der Waals surface area contributed by atoms with Gasteiger partial charge in [0.2, 0.25) is 0 Å². The van der Waals surface area contributed by atoms with E-state index >= 15 is 0 Å². The van der Waals surface area contributed by atoms with Crippen LogP contribution in [-0.4, -0.2) is 42.7 Å². The van der Waals surface area contributed by atoms with E-state index < -0.39 is 0 Å². The van der Waals surface area contributed by atoms with Gasteiger partial charge in [-0.05, 0) is 18.2 Å². The van der Waals surface area contributed by atoms with Gasteiger partial charge in [0, 0.05) is 25.0 Å². The van der Waals surface area contributed by atoms with E-state index in [1.54, 1.807) is 39.4 Å². The van der Waals surface area contributed by atoms with Crippen LogP contribution in [0.3, 0.4) is 0 Å². The largest absolute Gasteiger partial charge is 0.497 e. The van der Waals surface area contributed by atoms with Crippen molar-refractivity contribution in [1.29, 1.82) is 0 Å². The number of hydrogen-bond donors (Lipinski definition) is 0. The molecule has 0 amide bonds. The summed E-state index contributed by atoms with van der Waals surface area (Å²) < 4.78 is 17.7. The van der Waals surface area contributed by atoms with Gasteiger partial charge in [-0.1, -0.05) is 11.8 Å². The molecule has 0 unspecified atom stereocenters. The maximum Gasteiger partial charge on any atom is 0.191 e. The maximum atomic E-state index is 5.38. The first-order valence-electron chi connectivity index (χ1n) is 6.49. The molecule has 1 heterocycles. The van der Waals surface area contributed by atoms with Crippen molar-refractivity contribution in [2.75, 3.05) is 27.9 Å². The molecule has 0 bridgehead atoms. The van der Waals surface area contributed by atoms with E-state index in [1.807, 2.05) is 22.8 Å². The van der Waals surface area contributed by atoms with Crippen molar-refractivity contribution in [3.8, 4) is 11.5 Å². The second kappa shape index (κ2) is 7.90. The maximum absolute atomic E-state index is 5.38. The summed E-state index contributed by atoms with van der Waals surface area (Å²) in [5, 5.41) is 8.93. The van der Waals surface area contributed by atoms with Crippen LogP contribution in [0.2, 0.25) is 0 Å². The summed E-state index contributed by atoms with van der Waals surface area (Å²) in [6.07, 6.45) is 1.71. The van der Waals surface area contributed by atoms with Crippen LogP contribution >= 0.6 is 11.8 Å². The van der Waals surface area contributed by atoms with E-state index in [4.69, 9.17) is 14.2 Å². The zero-order valence-electron chi connectivity index (χ0n) is 12.4. The summed E-state index contributed by atoms with van der Waals surface area (Å²) in [6.45, 7) is 1.37. The number of hydrogen-bond acceptors (Lipinski definition) is 6. The average Bonchev–Trinajstić information content (AvgIpc) is 2.97. The number of benzene rings is 1. The first-order valence-corrected chi connectivity index (χ1v) is 7.47. The molecular weight excluding hydrogens is 290 g/mol. The van der Waals surface area contributed by atoms with Gasteiger partial charge in [0.1, 0.15) is 17.8 Å². The van der Waals surface area contributed by atoms with Gasteiger partial charge in [-0.25, -0.2) is 0 Å². The zero-order chi connectivity index (χ0) is 15.1. The van der Waals surface area contributed by atoms with Crippen LogP contribution in [0.4, 0.5) is 0 Å². The third kappa shape index (κ3) is 4.12. The minimum atomic E-state index is 0.633. The van der Waals surface area contributed by atoms with Gasteiger partial charge in [-0.3, -0.25) is 0 Å². The smallest absolute Gasteiger partial charge is 0.191 e.